The van der Waals surface area contributed by atoms with Gasteiger partial charge in [-0.1, -0.05) is 22.9 Å². The van der Waals surface area contributed by atoms with Gasteiger partial charge >= 0.3 is 0 Å². The number of halogens is 2. The van der Waals surface area contributed by atoms with Crippen LogP contribution < -0.4 is 5.32 Å². The lowest BCUT2D eigenvalue weighted by Gasteiger charge is -2.43. The lowest BCUT2D eigenvalue weighted by atomic mass is 9.75. The highest BCUT2D eigenvalue weighted by Crippen LogP contribution is 2.39. The number of hydrogen-bond donors (Lipinski definition) is 1. The maximum absolute atomic E-state index is 13.5. The average Bonchev–Trinajstić information content (AvgIpc) is 2.43. The van der Waals surface area contributed by atoms with Crippen molar-refractivity contribution in [3.8, 4) is 0 Å². The summed E-state index contributed by atoms with van der Waals surface area (Å²) in [7, 11) is 1.81. The van der Waals surface area contributed by atoms with Crippen molar-refractivity contribution in [3.63, 3.8) is 0 Å². The lowest BCUT2D eigenvalue weighted by molar-refractivity contribution is -0.0834. The van der Waals surface area contributed by atoms with Gasteiger partial charge in [0.05, 0.1) is 5.60 Å². The summed E-state index contributed by atoms with van der Waals surface area (Å²) < 4.78 is 20.2. The van der Waals surface area contributed by atoms with Gasteiger partial charge in [0.15, 0.2) is 0 Å². The monoisotopic (exact) mass is 357 g/mol. The fourth-order valence-electron chi connectivity index (χ4n) is 3.04. The molecule has 0 heterocycles. The molecule has 1 aliphatic rings. The Morgan fingerprint density at radius 3 is 2.76 bits per heavy atom. The van der Waals surface area contributed by atoms with Gasteiger partial charge in [-0.2, -0.15) is 0 Å². The van der Waals surface area contributed by atoms with Crippen LogP contribution in [0.3, 0.4) is 0 Å². The van der Waals surface area contributed by atoms with Gasteiger partial charge in [-0.05, 0) is 68.8 Å². The van der Waals surface area contributed by atoms with Gasteiger partial charge in [0.1, 0.15) is 5.82 Å². The van der Waals surface area contributed by atoms with E-state index in [0.29, 0.717) is 6.04 Å². The van der Waals surface area contributed by atoms with Crippen molar-refractivity contribution >= 4 is 15.9 Å². The summed E-state index contributed by atoms with van der Waals surface area (Å²) in [6, 6.07) is 5.23. The fraction of sp³-hybridized carbons (Fsp3) is 0.647. The van der Waals surface area contributed by atoms with Crippen LogP contribution in [0.25, 0.3) is 0 Å². The van der Waals surface area contributed by atoms with E-state index in [9.17, 15) is 4.39 Å². The fourth-order valence-corrected chi connectivity index (χ4v) is 3.45. The summed E-state index contributed by atoms with van der Waals surface area (Å²) in [6.45, 7) is 3.15. The summed E-state index contributed by atoms with van der Waals surface area (Å²) in [5.41, 5.74) is 1.06. The topological polar surface area (TPSA) is 21.3 Å². The van der Waals surface area contributed by atoms with E-state index in [-0.39, 0.29) is 11.4 Å². The zero-order valence-electron chi connectivity index (χ0n) is 12.9. The first-order valence-corrected chi connectivity index (χ1v) is 8.60. The second kappa shape index (κ2) is 7.70. The third-order valence-corrected chi connectivity index (χ3v) is 5.25. The summed E-state index contributed by atoms with van der Waals surface area (Å²) in [6.07, 6.45) is 6.44. The van der Waals surface area contributed by atoms with E-state index in [0.717, 1.165) is 48.7 Å². The van der Waals surface area contributed by atoms with Crippen molar-refractivity contribution in [2.45, 2.75) is 57.1 Å². The molecule has 1 aromatic carbocycles. The Hall–Kier alpha value is -0.450. The lowest BCUT2D eigenvalue weighted by Crippen LogP contribution is -2.46. The Labute approximate surface area is 135 Å². The highest BCUT2D eigenvalue weighted by atomic mass is 79.9. The molecule has 1 aromatic rings. The van der Waals surface area contributed by atoms with Crippen LogP contribution >= 0.6 is 15.9 Å². The standard InChI is InChI=1S/C17H25BrFNO/c1-3-9-20-15(12-17(21-2)7-4-8-17)11-13-10-14(19)5-6-16(13)18/h5-6,10,15,20H,3-4,7-9,11-12H2,1-2H3. The third-order valence-electron chi connectivity index (χ3n) is 4.47. The SMILES string of the molecule is CCCNC(Cc1cc(F)ccc1Br)CC1(OC)CCC1. The largest absolute Gasteiger partial charge is 0.378 e. The molecule has 0 spiro atoms. The Morgan fingerprint density at radius 1 is 1.43 bits per heavy atom. The van der Waals surface area contributed by atoms with Crippen molar-refractivity contribution < 1.29 is 9.13 Å². The van der Waals surface area contributed by atoms with E-state index in [1.54, 1.807) is 12.1 Å². The molecule has 1 unspecified atom stereocenters. The molecule has 0 aliphatic heterocycles. The molecule has 2 nitrogen and oxygen atoms in total. The van der Waals surface area contributed by atoms with Gasteiger partial charge in [0.25, 0.3) is 0 Å². The van der Waals surface area contributed by atoms with Crippen LogP contribution in [0.4, 0.5) is 4.39 Å². The van der Waals surface area contributed by atoms with E-state index >= 15 is 0 Å². The smallest absolute Gasteiger partial charge is 0.123 e. The van der Waals surface area contributed by atoms with Gasteiger partial charge in [-0.3, -0.25) is 0 Å². The minimum Gasteiger partial charge on any atom is -0.378 e. The van der Waals surface area contributed by atoms with Crippen LogP contribution in [0.15, 0.2) is 22.7 Å². The Bertz CT molecular complexity index is 457. The summed E-state index contributed by atoms with van der Waals surface area (Å²) in [4.78, 5) is 0. The maximum Gasteiger partial charge on any atom is 0.123 e. The molecule has 1 fully saturated rings. The van der Waals surface area contributed by atoms with Crippen LogP contribution in [0.2, 0.25) is 0 Å². The van der Waals surface area contributed by atoms with Crippen molar-refractivity contribution in [2.24, 2.45) is 0 Å². The first-order chi connectivity index (χ1) is 10.1. The number of ether oxygens (including phenoxy) is 1. The molecule has 1 aliphatic carbocycles. The van der Waals surface area contributed by atoms with Gasteiger partial charge in [-0.15, -0.1) is 0 Å². The van der Waals surface area contributed by atoms with Crippen molar-refractivity contribution in [3.05, 3.63) is 34.1 Å². The quantitative estimate of drug-likeness (QED) is 0.741. The third kappa shape index (κ3) is 4.51. The number of hydrogen-bond acceptors (Lipinski definition) is 2. The number of benzene rings is 1. The van der Waals surface area contributed by atoms with Crippen molar-refractivity contribution in [1.29, 1.82) is 0 Å². The number of methoxy groups -OCH3 is 1. The van der Waals surface area contributed by atoms with Crippen LogP contribution in [-0.2, 0) is 11.2 Å². The van der Waals surface area contributed by atoms with E-state index in [2.05, 4.69) is 28.2 Å². The first-order valence-electron chi connectivity index (χ1n) is 7.81. The van der Waals surface area contributed by atoms with Crippen LogP contribution in [0.5, 0.6) is 0 Å². The van der Waals surface area contributed by atoms with Crippen LogP contribution in [0, 0.1) is 5.82 Å². The number of nitrogens with one attached hydrogen (secondary N) is 1. The first kappa shape index (κ1) is 16.9. The van der Waals surface area contributed by atoms with E-state index in [1.807, 2.05) is 7.11 Å². The second-order valence-corrected chi connectivity index (χ2v) is 6.89. The van der Waals surface area contributed by atoms with Crippen LogP contribution in [-0.4, -0.2) is 25.3 Å². The Kier molecular flexibility index (Phi) is 6.20. The second-order valence-electron chi connectivity index (χ2n) is 6.04. The molecule has 0 saturated heterocycles. The molecule has 1 atom stereocenters. The molecule has 4 heteroatoms. The van der Waals surface area contributed by atoms with E-state index in [1.165, 1.54) is 12.5 Å². The van der Waals surface area contributed by atoms with Gasteiger partial charge in [0.2, 0.25) is 0 Å². The molecular formula is C17H25BrFNO. The predicted octanol–water partition coefficient (Wildman–Crippen LogP) is 4.46. The Balaban J connectivity index is 2.06. The highest BCUT2D eigenvalue weighted by Gasteiger charge is 2.38. The van der Waals surface area contributed by atoms with Gasteiger partial charge in [0, 0.05) is 17.6 Å². The maximum atomic E-state index is 13.5. The molecule has 2 rings (SSSR count). The number of rotatable bonds is 8. The molecule has 21 heavy (non-hydrogen) atoms. The molecular weight excluding hydrogens is 333 g/mol. The molecule has 0 bridgehead atoms. The summed E-state index contributed by atoms with van der Waals surface area (Å²) in [5, 5.41) is 3.60. The van der Waals surface area contributed by atoms with E-state index < -0.39 is 0 Å². The predicted molar refractivity (Wildman–Crippen MR) is 88.1 cm³/mol. The molecule has 0 amide bonds. The van der Waals surface area contributed by atoms with Crippen molar-refractivity contribution in [2.75, 3.05) is 13.7 Å². The molecule has 0 radical (unpaired) electrons. The molecule has 1 N–H and O–H groups in total. The zero-order valence-corrected chi connectivity index (χ0v) is 14.5. The Morgan fingerprint density at radius 2 is 2.19 bits per heavy atom. The normalized spacial score (nSPS) is 18.3. The van der Waals surface area contributed by atoms with Gasteiger partial charge in [-0.25, -0.2) is 4.39 Å². The summed E-state index contributed by atoms with van der Waals surface area (Å²) >= 11 is 3.53. The molecule has 0 aromatic heterocycles. The molecule has 1 saturated carbocycles. The highest BCUT2D eigenvalue weighted by molar-refractivity contribution is 9.10. The molecule has 118 valence electrons. The van der Waals surface area contributed by atoms with Crippen molar-refractivity contribution in [1.82, 2.24) is 5.32 Å². The average molecular weight is 358 g/mol. The zero-order chi connectivity index (χ0) is 15.3. The summed E-state index contributed by atoms with van der Waals surface area (Å²) in [5.74, 6) is -0.174. The van der Waals surface area contributed by atoms with Crippen LogP contribution in [0.1, 0.15) is 44.6 Å². The minimum absolute atomic E-state index is 0.0329. The van der Waals surface area contributed by atoms with E-state index in [4.69, 9.17) is 4.74 Å². The van der Waals surface area contributed by atoms with Gasteiger partial charge < -0.3 is 10.1 Å². The minimum atomic E-state index is -0.174.